The summed E-state index contributed by atoms with van der Waals surface area (Å²) in [4.78, 5) is 24.1. The van der Waals surface area contributed by atoms with Crippen molar-refractivity contribution >= 4 is 45.1 Å². The van der Waals surface area contributed by atoms with Gasteiger partial charge in [-0.25, -0.2) is 0 Å². The van der Waals surface area contributed by atoms with Gasteiger partial charge in [0, 0.05) is 27.5 Å². The lowest BCUT2D eigenvalue weighted by molar-refractivity contribution is -0.114. The molecule has 1 N–H and O–H groups in total. The number of hydrogen-bond donors (Lipinski definition) is 1. The highest BCUT2D eigenvalue weighted by Crippen LogP contribution is 2.23. The van der Waals surface area contributed by atoms with Gasteiger partial charge in [-0.2, -0.15) is 0 Å². The highest BCUT2D eigenvalue weighted by Gasteiger charge is 2.07. The second-order valence-electron chi connectivity index (χ2n) is 4.43. The number of carbonyl (C=O) groups excluding carboxylic acids is 2. The van der Waals surface area contributed by atoms with Gasteiger partial charge in [0.25, 0.3) is 0 Å². The molecule has 0 aliphatic heterocycles. The van der Waals surface area contributed by atoms with Gasteiger partial charge in [-0.3, -0.25) is 9.59 Å². The normalized spacial score (nSPS) is 10.2. The summed E-state index contributed by atoms with van der Waals surface area (Å²) in [5, 5.41) is 2.73. The summed E-state index contributed by atoms with van der Waals surface area (Å²) in [6.45, 7) is 1.47. The topological polar surface area (TPSA) is 46.2 Å². The van der Waals surface area contributed by atoms with E-state index >= 15 is 0 Å². The first-order valence-electron chi connectivity index (χ1n) is 6.34. The van der Waals surface area contributed by atoms with Gasteiger partial charge in [-0.05, 0) is 30.3 Å². The molecule has 0 spiro atoms. The number of Topliss-reactive ketones (excluding diaryl/α,β-unsaturated/α-hetero) is 1. The van der Waals surface area contributed by atoms with Crippen molar-refractivity contribution in [3.8, 4) is 0 Å². The Bertz CT molecular complexity index is 656. The molecule has 5 heteroatoms. The lowest BCUT2D eigenvalue weighted by Crippen LogP contribution is -2.05. The molecule has 1 amide bonds. The number of hydrogen-bond acceptors (Lipinski definition) is 3. The smallest absolute Gasteiger partial charge is 0.221 e. The minimum atomic E-state index is -0.108. The fraction of sp³-hybridized carbons (Fsp3) is 0.125. The Labute approximate surface area is 136 Å². The predicted molar refractivity (Wildman–Crippen MR) is 89.9 cm³/mol. The first-order valence-corrected chi connectivity index (χ1v) is 8.11. The third-order valence-corrected chi connectivity index (χ3v) is 4.21. The van der Waals surface area contributed by atoms with Crippen molar-refractivity contribution in [2.45, 2.75) is 11.8 Å². The van der Waals surface area contributed by atoms with Crippen molar-refractivity contribution in [3.63, 3.8) is 0 Å². The Morgan fingerprint density at radius 1 is 1.14 bits per heavy atom. The fourth-order valence-electron chi connectivity index (χ4n) is 1.73. The van der Waals surface area contributed by atoms with Crippen molar-refractivity contribution in [1.82, 2.24) is 0 Å². The second-order valence-corrected chi connectivity index (χ2v) is 6.39. The van der Waals surface area contributed by atoms with E-state index in [-0.39, 0.29) is 11.7 Å². The van der Waals surface area contributed by atoms with Crippen molar-refractivity contribution in [3.05, 3.63) is 58.6 Å². The number of ketones is 1. The zero-order valence-electron chi connectivity index (χ0n) is 11.4. The summed E-state index contributed by atoms with van der Waals surface area (Å²) in [6.07, 6.45) is 0. The van der Waals surface area contributed by atoms with Gasteiger partial charge in [0.05, 0.1) is 5.75 Å². The molecule has 0 saturated carbocycles. The molecule has 0 atom stereocenters. The van der Waals surface area contributed by atoms with Crippen LogP contribution in [0, 0.1) is 0 Å². The molecule has 2 aromatic carbocycles. The summed E-state index contributed by atoms with van der Waals surface area (Å²) >= 11 is 4.80. The van der Waals surface area contributed by atoms with Gasteiger partial charge in [0.15, 0.2) is 5.78 Å². The van der Waals surface area contributed by atoms with Crippen LogP contribution < -0.4 is 5.32 Å². The maximum atomic E-state index is 12.1. The molecule has 2 rings (SSSR count). The van der Waals surface area contributed by atoms with E-state index in [1.54, 1.807) is 12.1 Å². The lowest BCUT2D eigenvalue weighted by atomic mass is 10.2. The van der Waals surface area contributed by atoms with Gasteiger partial charge in [0.2, 0.25) is 5.91 Å². The minimum absolute atomic E-state index is 0.0810. The molecule has 21 heavy (non-hydrogen) atoms. The monoisotopic (exact) mass is 363 g/mol. The van der Waals surface area contributed by atoms with E-state index in [2.05, 4.69) is 21.2 Å². The fourth-order valence-corrected chi connectivity index (χ4v) is 2.85. The lowest BCUT2D eigenvalue weighted by Gasteiger charge is -2.05. The van der Waals surface area contributed by atoms with Gasteiger partial charge in [0.1, 0.15) is 0 Å². The molecule has 0 heterocycles. The molecule has 0 aromatic heterocycles. The van der Waals surface area contributed by atoms with E-state index in [0.29, 0.717) is 11.3 Å². The number of thioether (sulfide) groups is 1. The van der Waals surface area contributed by atoms with Gasteiger partial charge in [-0.1, -0.05) is 34.1 Å². The molecule has 0 radical (unpaired) electrons. The number of benzene rings is 2. The van der Waals surface area contributed by atoms with E-state index < -0.39 is 0 Å². The maximum absolute atomic E-state index is 12.1. The van der Waals surface area contributed by atoms with Crippen LogP contribution in [0.4, 0.5) is 5.69 Å². The summed E-state index contributed by atoms with van der Waals surface area (Å²) in [6, 6.07) is 14.8. The molecule has 0 fully saturated rings. The Morgan fingerprint density at radius 2 is 1.86 bits per heavy atom. The zero-order valence-corrected chi connectivity index (χ0v) is 13.8. The van der Waals surface area contributed by atoms with Crippen LogP contribution in [0.3, 0.4) is 0 Å². The van der Waals surface area contributed by atoms with E-state index in [9.17, 15) is 9.59 Å². The van der Waals surface area contributed by atoms with Crippen LogP contribution in [0.2, 0.25) is 0 Å². The largest absolute Gasteiger partial charge is 0.326 e. The van der Waals surface area contributed by atoms with E-state index in [0.717, 1.165) is 15.1 Å². The number of amides is 1. The van der Waals surface area contributed by atoms with Gasteiger partial charge >= 0.3 is 0 Å². The predicted octanol–water partition coefficient (Wildman–Crippen LogP) is 4.38. The maximum Gasteiger partial charge on any atom is 0.221 e. The standard InChI is InChI=1S/C16H14BrNO2S/c1-11(19)18-14-3-2-4-15(9-14)21-10-16(20)12-5-7-13(17)8-6-12/h2-9H,10H2,1H3,(H,18,19). The van der Waals surface area contributed by atoms with Crippen LogP contribution in [0.25, 0.3) is 0 Å². The minimum Gasteiger partial charge on any atom is -0.326 e. The molecule has 0 aliphatic carbocycles. The first-order chi connectivity index (χ1) is 10.0. The third kappa shape index (κ3) is 5.02. The molecular formula is C16H14BrNO2S. The second kappa shape index (κ2) is 7.43. The number of nitrogens with one attached hydrogen (secondary N) is 1. The number of rotatable bonds is 5. The Balaban J connectivity index is 1.97. The average Bonchev–Trinajstić information content (AvgIpc) is 2.45. The molecule has 3 nitrogen and oxygen atoms in total. The van der Waals surface area contributed by atoms with E-state index in [1.165, 1.54) is 18.7 Å². The van der Waals surface area contributed by atoms with E-state index in [4.69, 9.17) is 0 Å². The SMILES string of the molecule is CC(=O)Nc1cccc(SCC(=O)c2ccc(Br)cc2)c1. The van der Waals surface area contributed by atoms with Crippen LogP contribution in [0.15, 0.2) is 57.9 Å². The number of halogens is 1. The van der Waals surface area contributed by atoms with Crippen LogP contribution in [-0.2, 0) is 4.79 Å². The van der Waals surface area contributed by atoms with Crippen LogP contribution in [0.5, 0.6) is 0 Å². The molecule has 0 unspecified atom stereocenters. The summed E-state index contributed by atoms with van der Waals surface area (Å²) in [7, 11) is 0. The number of anilines is 1. The van der Waals surface area contributed by atoms with Crippen LogP contribution in [-0.4, -0.2) is 17.4 Å². The molecular weight excluding hydrogens is 350 g/mol. The van der Waals surface area contributed by atoms with Crippen molar-refractivity contribution in [1.29, 1.82) is 0 Å². The molecule has 0 bridgehead atoms. The van der Waals surface area contributed by atoms with Gasteiger partial charge in [-0.15, -0.1) is 11.8 Å². The third-order valence-electron chi connectivity index (χ3n) is 2.69. The number of carbonyl (C=O) groups is 2. The summed E-state index contributed by atoms with van der Waals surface area (Å²) in [5.74, 6) is 0.339. The quantitative estimate of drug-likeness (QED) is 0.633. The summed E-state index contributed by atoms with van der Waals surface area (Å²) < 4.78 is 0.953. The molecule has 2 aromatic rings. The Kier molecular flexibility index (Phi) is 5.59. The van der Waals surface area contributed by atoms with Gasteiger partial charge < -0.3 is 5.32 Å². The van der Waals surface area contributed by atoms with Crippen molar-refractivity contribution < 1.29 is 9.59 Å². The van der Waals surface area contributed by atoms with Crippen molar-refractivity contribution in [2.75, 3.05) is 11.1 Å². The van der Waals surface area contributed by atoms with E-state index in [1.807, 2.05) is 36.4 Å². The highest BCUT2D eigenvalue weighted by atomic mass is 79.9. The highest BCUT2D eigenvalue weighted by molar-refractivity contribution is 9.10. The van der Waals surface area contributed by atoms with Crippen molar-refractivity contribution in [2.24, 2.45) is 0 Å². The summed E-state index contributed by atoms with van der Waals surface area (Å²) in [5.41, 5.74) is 1.44. The average molecular weight is 364 g/mol. The van der Waals surface area contributed by atoms with Crippen LogP contribution in [0.1, 0.15) is 17.3 Å². The first kappa shape index (κ1) is 15.8. The Hall–Kier alpha value is -1.59. The molecule has 0 saturated heterocycles. The Morgan fingerprint density at radius 3 is 2.52 bits per heavy atom. The zero-order chi connectivity index (χ0) is 15.2. The molecule has 108 valence electrons. The molecule has 0 aliphatic rings. The van der Waals surface area contributed by atoms with Crippen LogP contribution >= 0.6 is 27.7 Å².